The monoisotopic (exact) mass is 396 g/mol. The third-order valence-electron chi connectivity index (χ3n) is 7.02. The van der Waals surface area contributed by atoms with Gasteiger partial charge in [0.15, 0.2) is 0 Å². The summed E-state index contributed by atoms with van der Waals surface area (Å²) < 4.78 is 0. The highest BCUT2D eigenvalue weighted by molar-refractivity contribution is 7.80. The molecule has 4 aliphatic carbocycles. The Balaban J connectivity index is 1.67. The van der Waals surface area contributed by atoms with Crippen LogP contribution in [0.5, 0.6) is 0 Å². The van der Waals surface area contributed by atoms with Gasteiger partial charge in [-0.2, -0.15) is 0 Å². The number of hydrogen-bond donors (Lipinski definition) is 2. The molecule has 4 fully saturated rings. The molecule has 0 heterocycles. The third-order valence-corrected chi connectivity index (χ3v) is 7.92. The number of thiocarbonyl (C=S) groups is 1. The zero-order chi connectivity index (χ0) is 17.8. The summed E-state index contributed by atoms with van der Waals surface area (Å²) in [5.74, 6) is 2.73. The summed E-state index contributed by atoms with van der Waals surface area (Å²) in [6.07, 6.45) is 8.70. The second-order valence-corrected chi connectivity index (χ2v) is 10.1. The number of rotatable bonds is 5. The average molecular weight is 397 g/mol. The van der Waals surface area contributed by atoms with Gasteiger partial charge in [-0.3, -0.25) is 0 Å². The minimum Gasteiger partial charge on any atom is -0.393 e. The molecule has 0 amide bonds. The maximum absolute atomic E-state index is 6.99. The van der Waals surface area contributed by atoms with Gasteiger partial charge < -0.3 is 11.5 Å². The van der Waals surface area contributed by atoms with E-state index >= 15 is 0 Å². The maximum atomic E-state index is 6.99. The number of nitrogens with two attached hydrogens (primary N) is 2. The molecule has 136 valence electrons. The predicted octanol–water partition coefficient (Wildman–Crippen LogP) is 5.30. The molecule has 5 heteroatoms. The van der Waals surface area contributed by atoms with Crippen LogP contribution in [0.15, 0.2) is 18.2 Å². The number of halogens is 2. The first-order chi connectivity index (χ1) is 11.9. The Bertz CT molecular complexity index is 655. The first-order valence-corrected chi connectivity index (χ1v) is 10.5. The Morgan fingerprint density at radius 3 is 2.12 bits per heavy atom. The van der Waals surface area contributed by atoms with Gasteiger partial charge in [0.2, 0.25) is 0 Å². The number of hydrogen-bond acceptors (Lipinski definition) is 2. The van der Waals surface area contributed by atoms with Crippen molar-refractivity contribution in [2.24, 2.45) is 34.6 Å². The highest BCUT2D eigenvalue weighted by Crippen LogP contribution is 2.62. The largest absolute Gasteiger partial charge is 0.393 e. The number of benzene rings is 1. The summed E-state index contributed by atoms with van der Waals surface area (Å²) in [5, 5.41) is 1.15. The Hall–Kier alpha value is -0.350. The van der Waals surface area contributed by atoms with Gasteiger partial charge in [0.05, 0.1) is 15.0 Å². The van der Waals surface area contributed by atoms with Gasteiger partial charge in [-0.05, 0) is 79.4 Å². The molecule has 4 aliphatic rings. The predicted molar refractivity (Wildman–Crippen MR) is 109 cm³/mol. The summed E-state index contributed by atoms with van der Waals surface area (Å²) in [5.41, 5.74) is 14.3. The standard InChI is InChI=1S/C20H26Cl2N2S/c21-16-2-1-14(6-17(16)22)15(7-18(23)25)19(24)20-8-11-3-12(9-20)5-13(4-11)10-20/h1-2,6,11-13,15,19H,3-5,7-10,24H2,(H2,23,25). The summed E-state index contributed by atoms with van der Waals surface area (Å²) in [6, 6.07) is 5.92. The van der Waals surface area contributed by atoms with Crippen LogP contribution in [0.1, 0.15) is 56.4 Å². The lowest BCUT2D eigenvalue weighted by atomic mass is 9.46. The highest BCUT2D eigenvalue weighted by Gasteiger charge is 2.54. The van der Waals surface area contributed by atoms with E-state index in [-0.39, 0.29) is 17.4 Å². The van der Waals surface area contributed by atoms with E-state index in [0.29, 0.717) is 21.5 Å². The molecule has 2 nitrogen and oxygen atoms in total. The van der Waals surface area contributed by atoms with Crippen LogP contribution in [-0.2, 0) is 0 Å². The van der Waals surface area contributed by atoms with Crippen LogP contribution in [0, 0.1) is 23.2 Å². The Kier molecular flexibility index (Phi) is 4.81. The molecule has 0 saturated heterocycles. The van der Waals surface area contributed by atoms with Gasteiger partial charge in [-0.1, -0.05) is 41.5 Å². The van der Waals surface area contributed by atoms with Crippen LogP contribution in [0.25, 0.3) is 0 Å². The molecule has 0 aliphatic heterocycles. The van der Waals surface area contributed by atoms with E-state index in [1.54, 1.807) is 0 Å². The van der Waals surface area contributed by atoms with Crippen molar-refractivity contribution < 1.29 is 0 Å². The van der Waals surface area contributed by atoms with Crippen molar-refractivity contribution in [3.63, 3.8) is 0 Å². The van der Waals surface area contributed by atoms with Gasteiger partial charge in [0.1, 0.15) is 0 Å². The molecule has 4 N–H and O–H groups in total. The minimum atomic E-state index is 0.0691. The molecule has 2 atom stereocenters. The second kappa shape index (κ2) is 6.67. The average Bonchev–Trinajstić information content (AvgIpc) is 2.53. The van der Waals surface area contributed by atoms with Crippen LogP contribution in [0.3, 0.4) is 0 Å². The molecular weight excluding hydrogens is 371 g/mol. The van der Waals surface area contributed by atoms with E-state index in [2.05, 4.69) is 0 Å². The first-order valence-electron chi connectivity index (χ1n) is 9.35. The summed E-state index contributed by atoms with van der Waals surface area (Å²) >= 11 is 17.7. The van der Waals surface area contributed by atoms with E-state index < -0.39 is 0 Å². The molecule has 0 radical (unpaired) electrons. The smallest absolute Gasteiger partial charge is 0.0734 e. The molecule has 0 spiro atoms. The lowest BCUT2D eigenvalue weighted by Gasteiger charge is -2.60. The Morgan fingerprint density at radius 2 is 1.64 bits per heavy atom. The zero-order valence-electron chi connectivity index (χ0n) is 14.4. The van der Waals surface area contributed by atoms with Crippen LogP contribution < -0.4 is 11.5 Å². The van der Waals surface area contributed by atoms with Gasteiger partial charge in [-0.25, -0.2) is 0 Å². The SMILES string of the molecule is NC(=S)CC(c1ccc(Cl)c(Cl)c1)C(N)C12CC3CC(CC(C3)C1)C2. The highest BCUT2D eigenvalue weighted by atomic mass is 35.5. The Labute approximate surface area is 165 Å². The van der Waals surface area contributed by atoms with Gasteiger partial charge in [-0.15, -0.1) is 0 Å². The van der Waals surface area contributed by atoms with Crippen LogP contribution in [0.2, 0.25) is 10.0 Å². The van der Waals surface area contributed by atoms with E-state index in [9.17, 15) is 0 Å². The summed E-state index contributed by atoms with van der Waals surface area (Å²) in [7, 11) is 0. The topological polar surface area (TPSA) is 52.0 Å². The van der Waals surface area contributed by atoms with Crippen molar-refractivity contribution in [2.75, 3.05) is 0 Å². The summed E-state index contributed by atoms with van der Waals surface area (Å²) in [6.45, 7) is 0. The molecule has 5 rings (SSSR count). The fourth-order valence-electron chi connectivity index (χ4n) is 6.42. The van der Waals surface area contributed by atoms with E-state index in [1.165, 1.54) is 38.5 Å². The normalized spacial score (nSPS) is 35.6. The first kappa shape index (κ1) is 18.0. The molecule has 2 unspecified atom stereocenters. The fraction of sp³-hybridized carbons (Fsp3) is 0.650. The molecule has 1 aromatic carbocycles. The van der Waals surface area contributed by atoms with Crippen LogP contribution in [0.4, 0.5) is 0 Å². The van der Waals surface area contributed by atoms with E-state index in [4.69, 9.17) is 46.9 Å². The van der Waals surface area contributed by atoms with Crippen molar-refractivity contribution in [3.8, 4) is 0 Å². The van der Waals surface area contributed by atoms with Crippen molar-refractivity contribution in [2.45, 2.75) is 56.9 Å². The molecule has 4 saturated carbocycles. The quantitative estimate of drug-likeness (QED) is 0.663. The molecule has 25 heavy (non-hydrogen) atoms. The lowest BCUT2D eigenvalue weighted by Crippen LogP contribution is -2.56. The van der Waals surface area contributed by atoms with Crippen molar-refractivity contribution >= 4 is 40.4 Å². The van der Waals surface area contributed by atoms with Crippen molar-refractivity contribution in [1.29, 1.82) is 0 Å². The summed E-state index contributed by atoms with van der Waals surface area (Å²) in [4.78, 5) is 0.524. The second-order valence-electron chi connectivity index (χ2n) is 8.76. The Morgan fingerprint density at radius 1 is 1.08 bits per heavy atom. The van der Waals surface area contributed by atoms with E-state index in [0.717, 1.165) is 23.3 Å². The van der Waals surface area contributed by atoms with Crippen LogP contribution >= 0.6 is 35.4 Å². The molecule has 0 aromatic heterocycles. The van der Waals surface area contributed by atoms with Crippen LogP contribution in [-0.4, -0.2) is 11.0 Å². The fourth-order valence-corrected chi connectivity index (χ4v) is 6.91. The van der Waals surface area contributed by atoms with Crippen molar-refractivity contribution in [1.82, 2.24) is 0 Å². The molecule has 4 bridgehead atoms. The van der Waals surface area contributed by atoms with Gasteiger partial charge in [0, 0.05) is 18.4 Å². The zero-order valence-corrected chi connectivity index (χ0v) is 16.7. The van der Waals surface area contributed by atoms with Gasteiger partial charge >= 0.3 is 0 Å². The van der Waals surface area contributed by atoms with Crippen molar-refractivity contribution in [3.05, 3.63) is 33.8 Å². The molecular formula is C20H26Cl2N2S. The molecule has 1 aromatic rings. The van der Waals surface area contributed by atoms with E-state index in [1.807, 2.05) is 18.2 Å². The minimum absolute atomic E-state index is 0.0691. The maximum Gasteiger partial charge on any atom is 0.0734 e. The van der Waals surface area contributed by atoms with Gasteiger partial charge in [0.25, 0.3) is 0 Å². The lowest BCUT2D eigenvalue weighted by molar-refractivity contribution is -0.0710. The third kappa shape index (κ3) is 3.34.